The lowest BCUT2D eigenvalue weighted by molar-refractivity contribution is 0.883. The van der Waals surface area contributed by atoms with Crippen LogP contribution in [0.25, 0.3) is 5.57 Å². The summed E-state index contributed by atoms with van der Waals surface area (Å²) in [6.45, 7) is 4.05. The van der Waals surface area contributed by atoms with Gasteiger partial charge in [0.15, 0.2) is 0 Å². The summed E-state index contributed by atoms with van der Waals surface area (Å²) in [4.78, 5) is 0. The number of nitriles is 1. The van der Waals surface area contributed by atoms with Crippen molar-refractivity contribution in [1.82, 2.24) is 0 Å². The van der Waals surface area contributed by atoms with E-state index in [-0.39, 0.29) is 0 Å². The Kier molecular flexibility index (Phi) is 3.22. The molecule has 16 heavy (non-hydrogen) atoms. The fourth-order valence-electron chi connectivity index (χ4n) is 2.17. The molecule has 0 N–H and O–H groups in total. The minimum absolute atomic E-state index is 0.631. The van der Waals surface area contributed by atoms with Crippen LogP contribution in [0.1, 0.15) is 30.4 Å². The van der Waals surface area contributed by atoms with E-state index in [9.17, 15) is 0 Å². The fourth-order valence-corrected chi connectivity index (χ4v) is 2.17. The maximum Gasteiger partial charge on any atom is 0.0621 e. The number of rotatable bonds is 3. The zero-order valence-corrected chi connectivity index (χ0v) is 9.37. The van der Waals surface area contributed by atoms with E-state index in [4.69, 9.17) is 5.26 Å². The van der Waals surface area contributed by atoms with E-state index in [1.165, 1.54) is 22.3 Å². The molecule has 0 fully saturated rings. The van der Waals surface area contributed by atoms with Gasteiger partial charge in [0.05, 0.1) is 6.07 Å². The van der Waals surface area contributed by atoms with Crippen molar-refractivity contribution in [3.8, 4) is 6.07 Å². The Labute approximate surface area is 96.7 Å². The molecule has 1 heteroatoms. The smallest absolute Gasteiger partial charge is 0.0621 e. The first-order valence-electron chi connectivity index (χ1n) is 5.65. The first kappa shape index (κ1) is 10.7. The van der Waals surface area contributed by atoms with Crippen molar-refractivity contribution >= 4 is 5.57 Å². The average Bonchev–Trinajstić information content (AvgIpc) is 2.29. The molecule has 1 aromatic rings. The fraction of sp³-hybridized carbons (Fsp3) is 0.267. The number of allylic oxidation sites excluding steroid dienone is 3. The van der Waals surface area contributed by atoms with E-state index in [2.05, 4.69) is 43.0 Å². The molecule has 1 nitrogen and oxygen atoms in total. The molecule has 0 spiro atoms. The molecule has 1 aliphatic carbocycles. The monoisotopic (exact) mass is 209 g/mol. The number of benzene rings is 1. The van der Waals surface area contributed by atoms with Gasteiger partial charge in [-0.2, -0.15) is 5.26 Å². The normalized spacial score (nSPS) is 13.9. The van der Waals surface area contributed by atoms with Gasteiger partial charge in [0.1, 0.15) is 0 Å². The van der Waals surface area contributed by atoms with Gasteiger partial charge in [-0.3, -0.25) is 0 Å². The van der Waals surface area contributed by atoms with Crippen molar-refractivity contribution in [2.45, 2.75) is 25.7 Å². The highest BCUT2D eigenvalue weighted by molar-refractivity contribution is 5.73. The van der Waals surface area contributed by atoms with Crippen LogP contribution in [0, 0.1) is 11.3 Å². The summed E-state index contributed by atoms with van der Waals surface area (Å²) >= 11 is 0. The van der Waals surface area contributed by atoms with E-state index in [1.807, 2.05) is 0 Å². The van der Waals surface area contributed by atoms with E-state index in [0.29, 0.717) is 6.42 Å². The van der Waals surface area contributed by atoms with Crippen LogP contribution in [0.3, 0.4) is 0 Å². The number of hydrogen-bond donors (Lipinski definition) is 0. The Bertz CT molecular complexity index is 474. The van der Waals surface area contributed by atoms with Gasteiger partial charge < -0.3 is 0 Å². The molecule has 0 heterocycles. The maximum absolute atomic E-state index is 8.56. The largest absolute Gasteiger partial charge is 0.198 e. The van der Waals surface area contributed by atoms with Crippen LogP contribution < -0.4 is 0 Å². The number of fused-ring (bicyclic) bond motifs is 1. The molecule has 0 radical (unpaired) electrons. The molecule has 0 saturated carbocycles. The summed E-state index contributed by atoms with van der Waals surface area (Å²) < 4.78 is 0. The van der Waals surface area contributed by atoms with E-state index in [0.717, 1.165) is 19.3 Å². The Morgan fingerprint density at radius 3 is 2.94 bits per heavy atom. The van der Waals surface area contributed by atoms with Crippen LogP contribution in [-0.4, -0.2) is 0 Å². The van der Waals surface area contributed by atoms with E-state index >= 15 is 0 Å². The van der Waals surface area contributed by atoms with Crippen LogP contribution in [0.15, 0.2) is 42.5 Å². The van der Waals surface area contributed by atoms with Crippen molar-refractivity contribution in [3.05, 3.63) is 53.6 Å². The minimum Gasteiger partial charge on any atom is -0.198 e. The summed E-state index contributed by atoms with van der Waals surface area (Å²) in [5.74, 6) is 0. The van der Waals surface area contributed by atoms with Crippen LogP contribution in [0.5, 0.6) is 0 Å². The molecule has 0 unspecified atom stereocenters. The van der Waals surface area contributed by atoms with Crippen molar-refractivity contribution in [2.24, 2.45) is 0 Å². The lowest BCUT2D eigenvalue weighted by Crippen LogP contribution is -2.01. The van der Waals surface area contributed by atoms with Gasteiger partial charge in [-0.15, -0.1) is 0 Å². The highest BCUT2D eigenvalue weighted by Gasteiger charge is 2.12. The summed E-state index contributed by atoms with van der Waals surface area (Å²) in [7, 11) is 0. The van der Waals surface area contributed by atoms with Crippen molar-refractivity contribution in [3.63, 3.8) is 0 Å². The summed E-state index contributed by atoms with van der Waals surface area (Å²) in [6.07, 6.45) is 5.68. The van der Waals surface area contributed by atoms with Crippen LogP contribution in [0.2, 0.25) is 0 Å². The molecule has 0 saturated heterocycles. The summed E-state index contributed by atoms with van der Waals surface area (Å²) in [5, 5.41) is 8.56. The van der Waals surface area contributed by atoms with Crippen LogP contribution >= 0.6 is 0 Å². The Balaban J connectivity index is 2.23. The zero-order chi connectivity index (χ0) is 11.4. The second-order valence-corrected chi connectivity index (χ2v) is 4.17. The third kappa shape index (κ3) is 2.23. The zero-order valence-electron chi connectivity index (χ0n) is 9.37. The van der Waals surface area contributed by atoms with Gasteiger partial charge in [0.2, 0.25) is 0 Å². The second kappa shape index (κ2) is 4.81. The highest BCUT2D eigenvalue weighted by Crippen LogP contribution is 2.31. The topological polar surface area (TPSA) is 23.8 Å². The standard InChI is InChI=1S/C15H15N/c1-12-10-13-6-2-3-8-15(13)14(11-12)7-4-5-9-16/h2-3,6,8,11H,1,4-5,7,10H2. The average molecular weight is 209 g/mol. The maximum atomic E-state index is 8.56. The van der Waals surface area contributed by atoms with Gasteiger partial charge in [-0.05, 0) is 36.0 Å². The Morgan fingerprint density at radius 2 is 2.12 bits per heavy atom. The second-order valence-electron chi connectivity index (χ2n) is 4.17. The van der Waals surface area contributed by atoms with Crippen LogP contribution in [0.4, 0.5) is 0 Å². The van der Waals surface area contributed by atoms with Gasteiger partial charge in [0, 0.05) is 6.42 Å². The molecule has 0 bridgehead atoms. The van der Waals surface area contributed by atoms with Gasteiger partial charge in [-0.25, -0.2) is 0 Å². The van der Waals surface area contributed by atoms with Crippen molar-refractivity contribution in [2.75, 3.05) is 0 Å². The quantitative estimate of drug-likeness (QED) is 0.693. The molecule has 0 aliphatic heterocycles. The number of hydrogen-bond acceptors (Lipinski definition) is 1. The Morgan fingerprint density at radius 1 is 1.31 bits per heavy atom. The lowest BCUT2D eigenvalue weighted by atomic mass is 9.86. The Hall–Kier alpha value is -1.81. The van der Waals surface area contributed by atoms with Crippen molar-refractivity contribution in [1.29, 1.82) is 5.26 Å². The molecule has 1 aromatic carbocycles. The SMILES string of the molecule is C=C1C=C(CCCC#N)c2ccccc2C1. The molecular formula is C15H15N. The summed E-state index contributed by atoms with van der Waals surface area (Å²) in [6, 6.07) is 10.7. The first-order valence-corrected chi connectivity index (χ1v) is 5.65. The molecule has 0 atom stereocenters. The lowest BCUT2D eigenvalue weighted by Gasteiger charge is -2.18. The third-order valence-corrected chi connectivity index (χ3v) is 2.89. The molecule has 0 aromatic heterocycles. The molecule has 2 rings (SSSR count). The van der Waals surface area contributed by atoms with Gasteiger partial charge in [-0.1, -0.05) is 42.5 Å². The van der Waals surface area contributed by atoms with Crippen molar-refractivity contribution < 1.29 is 0 Å². The molecule has 0 amide bonds. The first-order chi connectivity index (χ1) is 7.81. The predicted octanol–water partition coefficient (Wildman–Crippen LogP) is 3.88. The molecule has 1 aliphatic rings. The highest BCUT2D eigenvalue weighted by atomic mass is 14.2. The van der Waals surface area contributed by atoms with Gasteiger partial charge in [0.25, 0.3) is 0 Å². The number of unbranched alkanes of at least 4 members (excludes halogenated alkanes) is 1. The minimum atomic E-state index is 0.631. The van der Waals surface area contributed by atoms with E-state index < -0.39 is 0 Å². The molecular weight excluding hydrogens is 194 g/mol. The molecule has 80 valence electrons. The predicted molar refractivity (Wildman–Crippen MR) is 66.7 cm³/mol. The van der Waals surface area contributed by atoms with E-state index in [1.54, 1.807) is 0 Å². The third-order valence-electron chi connectivity index (χ3n) is 2.89. The van der Waals surface area contributed by atoms with Crippen LogP contribution in [-0.2, 0) is 6.42 Å². The van der Waals surface area contributed by atoms with Gasteiger partial charge >= 0.3 is 0 Å². The number of nitrogens with zero attached hydrogens (tertiary/aromatic N) is 1. The summed E-state index contributed by atoms with van der Waals surface area (Å²) in [5.41, 5.74) is 5.21.